The van der Waals surface area contributed by atoms with Gasteiger partial charge in [-0.3, -0.25) is 0 Å². The van der Waals surface area contributed by atoms with Crippen LogP contribution < -0.4 is 15.9 Å². The monoisotopic (exact) mass is 878 g/mol. The molecular weight excluding hydrogens is 878 g/mol. The Kier molecular flexibility index (Phi) is 11.8. The first-order valence-corrected chi connectivity index (χ1v) is 12.0. The van der Waals surface area contributed by atoms with E-state index >= 15 is 0 Å². The minimum atomic E-state index is -6.09. The summed E-state index contributed by atoms with van der Waals surface area (Å²) in [6.45, 7) is 0. The van der Waals surface area contributed by atoms with Crippen LogP contribution in [0.1, 0.15) is 0 Å². The van der Waals surface area contributed by atoms with Crippen LogP contribution in [0.4, 0.5) is 79.0 Å². The van der Waals surface area contributed by atoms with Crippen molar-refractivity contribution in [1.82, 2.24) is 0 Å². The summed E-state index contributed by atoms with van der Waals surface area (Å²) in [5, 5.41) is -7.84. The zero-order chi connectivity index (χ0) is 33.0. The molecule has 0 aromatic heterocycles. The Bertz CT molecular complexity index is 1460. The molecule has 0 unspecified atom stereocenters. The fraction of sp³-hybridized carbons (Fsp3) is 0.0526. The molecule has 3 nitrogen and oxygen atoms in total. The quantitative estimate of drug-likeness (QED) is 0.0658. The number of halogens is 18. The van der Waals surface area contributed by atoms with Crippen LogP contribution in [-0.2, 0) is 32.5 Å². The van der Waals surface area contributed by atoms with E-state index in [0.29, 0.717) is 0 Å². The molecule has 0 atom stereocenters. The SMILES string of the molecule is Fc1c(F)c(F)c(P(c2c(F)c(F)c(F)c(F)c2F)c2c(F)c(F)c(F)c(F)c2F)c(F)c1F.O=S(=O)([O-])C(F)(F)F.[Au+]. The zero-order valence-electron chi connectivity index (χ0n) is 18.7. The van der Waals surface area contributed by atoms with Crippen molar-refractivity contribution in [2.24, 2.45) is 0 Å². The summed E-state index contributed by atoms with van der Waals surface area (Å²) < 4.78 is 268. The van der Waals surface area contributed by atoms with Crippen LogP contribution in [0.15, 0.2) is 0 Å². The molecular formula is C19AuF18O3PS. The number of hydrogen-bond acceptors (Lipinski definition) is 3. The Hall–Kier alpha value is -2.52. The van der Waals surface area contributed by atoms with Gasteiger partial charge in [0.2, 0.25) is 17.5 Å². The smallest absolute Gasteiger partial charge is 0.741 e. The van der Waals surface area contributed by atoms with Crippen molar-refractivity contribution in [3.63, 3.8) is 0 Å². The van der Waals surface area contributed by atoms with Crippen molar-refractivity contribution in [3.8, 4) is 0 Å². The molecule has 3 rings (SSSR count). The predicted molar refractivity (Wildman–Crippen MR) is 100 cm³/mol. The summed E-state index contributed by atoms with van der Waals surface area (Å²) in [7, 11) is -11.0. The third-order valence-electron chi connectivity index (χ3n) is 4.51. The Morgan fingerprint density at radius 2 is 0.512 bits per heavy atom. The topological polar surface area (TPSA) is 57.2 Å². The molecule has 0 aliphatic carbocycles. The summed E-state index contributed by atoms with van der Waals surface area (Å²) in [6, 6.07) is 0. The van der Waals surface area contributed by atoms with Crippen molar-refractivity contribution in [1.29, 1.82) is 0 Å². The average molecular weight is 878 g/mol. The van der Waals surface area contributed by atoms with Crippen LogP contribution in [0.25, 0.3) is 0 Å². The Morgan fingerprint density at radius 3 is 0.628 bits per heavy atom. The third kappa shape index (κ3) is 6.77. The molecule has 0 saturated carbocycles. The average Bonchev–Trinajstić information content (AvgIpc) is 2.89. The third-order valence-corrected chi connectivity index (χ3v) is 7.60. The molecule has 24 heteroatoms. The minimum absolute atomic E-state index is 0. The Morgan fingerprint density at radius 1 is 0.395 bits per heavy atom. The van der Waals surface area contributed by atoms with Crippen molar-refractivity contribution in [3.05, 3.63) is 87.3 Å². The number of rotatable bonds is 3. The van der Waals surface area contributed by atoms with Crippen molar-refractivity contribution in [2.45, 2.75) is 5.51 Å². The number of hydrogen-bond donors (Lipinski definition) is 0. The fourth-order valence-corrected chi connectivity index (χ4v) is 5.14. The van der Waals surface area contributed by atoms with Gasteiger partial charge in [0, 0.05) is 7.92 Å². The Labute approximate surface area is 241 Å². The molecule has 3 aromatic carbocycles. The summed E-state index contributed by atoms with van der Waals surface area (Å²) in [5.41, 5.74) is -5.65. The van der Waals surface area contributed by atoms with Gasteiger partial charge in [-0.15, -0.1) is 0 Å². The van der Waals surface area contributed by atoms with Gasteiger partial charge in [-0.1, -0.05) is 0 Å². The van der Waals surface area contributed by atoms with E-state index in [-0.39, 0.29) is 22.4 Å². The molecule has 0 heterocycles. The second-order valence-electron chi connectivity index (χ2n) is 6.99. The summed E-state index contributed by atoms with van der Waals surface area (Å²) >= 11 is 0. The first-order chi connectivity index (χ1) is 18.9. The van der Waals surface area contributed by atoms with E-state index in [0.717, 1.165) is 0 Å². The Balaban J connectivity index is 0.000000903. The second-order valence-corrected chi connectivity index (χ2v) is 10.4. The second kappa shape index (κ2) is 13.2. The summed E-state index contributed by atoms with van der Waals surface area (Å²) in [6.07, 6.45) is 0. The molecule has 43 heavy (non-hydrogen) atoms. The van der Waals surface area contributed by atoms with Gasteiger partial charge in [-0.05, 0) is 0 Å². The molecule has 0 saturated heterocycles. The molecule has 0 N–H and O–H groups in total. The van der Waals surface area contributed by atoms with Crippen molar-refractivity contribution < 1.29 is 114 Å². The van der Waals surface area contributed by atoms with Crippen LogP contribution in [0.2, 0.25) is 0 Å². The molecule has 242 valence electrons. The van der Waals surface area contributed by atoms with Gasteiger partial charge in [-0.2, -0.15) is 13.2 Å². The van der Waals surface area contributed by atoms with Gasteiger partial charge in [0.1, 0.15) is 0 Å². The maximum atomic E-state index is 14.4. The largest absolute Gasteiger partial charge is 1.00 e. The van der Waals surface area contributed by atoms with Gasteiger partial charge in [0.15, 0.2) is 79.9 Å². The van der Waals surface area contributed by atoms with E-state index in [9.17, 15) is 79.0 Å². The normalized spacial score (nSPS) is 11.8. The first kappa shape index (κ1) is 38.5. The number of alkyl halides is 3. The van der Waals surface area contributed by atoms with Crippen LogP contribution in [0.5, 0.6) is 0 Å². The van der Waals surface area contributed by atoms with E-state index in [1.807, 2.05) is 0 Å². The summed E-state index contributed by atoms with van der Waals surface area (Å²) in [4.78, 5) is 0. The maximum absolute atomic E-state index is 14.4. The van der Waals surface area contributed by atoms with E-state index in [1.54, 1.807) is 0 Å². The number of benzene rings is 3. The summed E-state index contributed by atoms with van der Waals surface area (Å²) in [5.74, 6) is -44.9. The van der Waals surface area contributed by atoms with Crippen LogP contribution in [0, 0.1) is 87.3 Å². The van der Waals surface area contributed by atoms with Gasteiger partial charge in [0.25, 0.3) is 0 Å². The van der Waals surface area contributed by atoms with Crippen LogP contribution in [-0.4, -0.2) is 18.5 Å². The van der Waals surface area contributed by atoms with E-state index in [4.69, 9.17) is 13.0 Å². The van der Waals surface area contributed by atoms with Crippen molar-refractivity contribution >= 4 is 34.0 Å². The van der Waals surface area contributed by atoms with Crippen LogP contribution in [0.3, 0.4) is 0 Å². The van der Waals surface area contributed by atoms with E-state index in [1.165, 1.54) is 0 Å². The molecule has 0 aliphatic rings. The maximum Gasteiger partial charge on any atom is 1.00 e. The van der Waals surface area contributed by atoms with Gasteiger partial charge in [0.05, 0.1) is 15.9 Å². The zero-order valence-corrected chi connectivity index (χ0v) is 22.6. The standard InChI is InChI=1S/C18F15P.CHF3O3S.Au/c19-1-4(22)10(28)16(11(29)5(1)23)34(17-12(30)6(24)2(20)7(25)13(17)31)18-14(32)8(26)3(21)9(27)15(18)33;2-1(3,4)8(5,6)7;/h;(H,5,6,7);/q;;+1/p-1. The predicted octanol–water partition coefficient (Wildman–Crippen LogP) is 5.58. The van der Waals surface area contributed by atoms with E-state index in [2.05, 4.69) is 0 Å². The molecule has 0 amide bonds. The first-order valence-electron chi connectivity index (χ1n) is 9.28. The molecule has 0 spiro atoms. The molecule has 0 bridgehead atoms. The van der Waals surface area contributed by atoms with Gasteiger partial charge in [-0.25, -0.2) is 74.3 Å². The van der Waals surface area contributed by atoms with Crippen LogP contribution >= 0.6 is 7.92 Å². The van der Waals surface area contributed by atoms with E-state index < -0.39 is 127 Å². The van der Waals surface area contributed by atoms with Crippen molar-refractivity contribution in [2.75, 3.05) is 0 Å². The van der Waals surface area contributed by atoms with Gasteiger partial charge >= 0.3 is 27.9 Å². The molecule has 0 radical (unpaired) electrons. The molecule has 0 fully saturated rings. The molecule has 3 aromatic rings. The minimum Gasteiger partial charge on any atom is -0.741 e. The van der Waals surface area contributed by atoms with Gasteiger partial charge < -0.3 is 4.55 Å². The fourth-order valence-electron chi connectivity index (χ4n) is 2.70. The molecule has 0 aliphatic heterocycles.